The van der Waals surface area contributed by atoms with E-state index in [-0.39, 0.29) is 17.7 Å². The van der Waals surface area contributed by atoms with Crippen molar-refractivity contribution in [3.63, 3.8) is 0 Å². The number of rotatable bonds is 5. The maximum atomic E-state index is 13.9. The van der Waals surface area contributed by atoms with E-state index in [1.165, 1.54) is 6.07 Å². The van der Waals surface area contributed by atoms with Gasteiger partial charge in [0.2, 0.25) is 0 Å². The molecular weight excluding hydrogens is 276 g/mol. The molecule has 20 heavy (non-hydrogen) atoms. The monoisotopic (exact) mass is 290 g/mol. The van der Waals surface area contributed by atoms with Crippen LogP contribution in [0.15, 0.2) is 18.2 Å². The molecule has 0 heterocycles. The first kappa shape index (κ1) is 16.2. The average Bonchev–Trinajstić information content (AvgIpc) is 2.37. The Bertz CT molecular complexity index is 492. The Hall–Kier alpha value is -1.81. The van der Waals surface area contributed by atoms with E-state index in [0.717, 1.165) is 17.0 Å². The van der Waals surface area contributed by atoms with Crippen LogP contribution in [0.3, 0.4) is 0 Å². The van der Waals surface area contributed by atoms with Gasteiger partial charge >= 0.3 is 6.18 Å². The van der Waals surface area contributed by atoms with Crippen molar-refractivity contribution in [1.82, 2.24) is 0 Å². The summed E-state index contributed by atoms with van der Waals surface area (Å²) in [7, 11) is 0. The third-order valence-corrected chi connectivity index (χ3v) is 2.86. The summed E-state index contributed by atoms with van der Waals surface area (Å²) in [5.74, 6) is -0.916. The highest BCUT2D eigenvalue weighted by molar-refractivity contribution is 5.52. The molecular formula is C13H14F4N2O. The van der Waals surface area contributed by atoms with Gasteiger partial charge in [-0.15, -0.1) is 0 Å². The Morgan fingerprint density at radius 2 is 2.05 bits per heavy atom. The summed E-state index contributed by atoms with van der Waals surface area (Å²) in [6, 6.07) is 4.10. The molecule has 110 valence electrons. The van der Waals surface area contributed by atoms with Crippen LogP contribution in [-0.4, -0.2) is 30.5 Å². The Balaban J connectivity index is 3.20. The fourth-order valence-electron chi connectivity index (χ4n) is 1.86. The Morgan fingerprint density at radius 1 is 1.40 bits per heavy atom. The van der Waals surface area contributed by atoms with Crippen LogP contribution in [0.2, 0.25) is 0 Å². The van der Waals surface area contributed by atoms with E-state index in [1.54, 1.807) is 13.0 Å². The molecule has 0 bridgehead atoms. The van der Waals surface area contributed by atoms with E-state index in [4.69, 9.17) is 10.4 Å². The van der Waals surface area contributed by atoms with Gasteiger partial charge in [-0.2, -0.15) is 18.4 Å². The second-order valence-corrected chi connectivity index (χ2v) is 4.27. The third-order valence-electron chi connectivity index (χ3n) is 2.86. The van der Waals surface area contributed by atoms with Gasteiger partial charge < -0.3 is 10.0 Å². The first-order valence-corrected chi connectivity index (χ1v) is 5.96. The van der Waals surface area contributed by atoms with Gasteiger partial charge in [0.05, 0.1) is 30.0 Å². The summed E-state index contributed by atoms with van der Waals surface area (Å²) in [6.07, 6.45) is -4.30. The first-order chi connectivity index (χ1) is 9.32. The lowest BCUT2D eigenvalue weighted by atomic mass is 10.1. The molecule has 3 nitrogen and oxygen atoms in total. The number of hydrogen-bond acceptors (Lipinski definition) is 3. The van der Waals surface area contributed by atoms with E-state index >= 15 is 0 Å². The van der Waals surface area contributed by atoms with Gasteiger partial charge in [0.1, 0.15) is 12.4 Å². The zero-order valence-corrected chi connectivity index (χ0v) is 10.8. The van der Waals surface area contributed by atoms with Gasteiger partial charge in [-0.3, -0.25) is 0 Å². The lowest BCUT2D eigenvalue weighted by Gasteiger charge is -2.32. The Labute approximate surface area is 114 Å². The molecule has 0 amide bonds. The van der Waals surface area contributed by atoms with Crippen LogP contribution in [0.5, 0.6) is 0 Å². The second kappa shape index (κ2) is 6.57. The minimum absolute atomic E-state index is 0.0234. The topological polar surface area (TPSA) is 47.3 Å². The van der Waals surface area contributed by atoms with Crippen LogP contribution in [0.25, 0.3) is 0 Å². The number of aliphatic hydroxyl groups is 1. The predicted molar refractivity (Wildman–Crippen MR) is 65.7 cm³/mol. The highest BCUT2D eigenvalue weighted by Crippen LogP contribution is 2.28. The number of nitrogens with zero attached hydrogens (tertiary/aromatic N) is 2. The minimum atomic E-state index is -4.52. The van der Waals surface area contributed by atoms with E-state index in [9.17, 15) is 17.6 Å². The van der Waals surface area contributed by atoms with Gasteiger partial charge in [0.15, 0.2) is 0 Å². The highest BCUT2D eigenvalue weighted by Gasteiger charge is 2.34. The van der Waals surface area contributed by atoms with Crippen molar-refractivity contribution in [3.05, 3.63) is 29.6 Å². The smallest absolute Gasteiger partial charge is 0.394 e. The standard InChI is InChI=1S/C13H14F4N2O/c1-2-10(7-20)19(8-13(15,16)17)12-4-3-9(6-18)5-11(12)14/h3-5,10,20H,2,7-8H2,1H3. The molecule has 1 aromatic rings. The molecule has 1 rings (SSSR count). The van der Waals surface area contributed by atoms with Crippen molar-refractivity contribution in [2.45, 2.75) is 25.6 Å². The molecule has 1 N–H and O–H groups in total. The number of nitriles is 1. The van der Waals surface area contributed by atoms with Crippen LogP contribution >= 0.6 is 0 Å². The lowest BCUT2D eigenvalue weighted by Crippen LogP contribution is -2.44. The molecule has 7 heteroatoms. The number of hydrogen-bond donors (Lipinski definition) is 1. The zero-order valence-electron chi connectivity index (χ0n) is 10.8. The largest absolute Gasteiger partial charge is 0.405 e. The molecule has 0 aliphatic rings. The summed E-state index contributed by atoms with van der Waals surface area (Å²) in [5.41, 5.74) is -0.252. The molecule has 0 aliphatic carbocycles. The number of alkyl halides is 3. The van der Waals surface area contributed by atoms with Gasteiger partial charge in [0.25, 0.3) is 0 Å². The molecule has 1 aromatic carbocycles. The van der Waals surface area contributed by atoms with Crippen molar-refractivity contribution >= 4 is 5.69 Å². The number of benzene rings is 1. The van der Waals surface area contributed by atoms with Crippen LogP contribution in [0.1, 0.15) is 18.9 Å². The van der Waals surface area contributed by atoms with Crippen molar-refractivity contribution in [3.8, 4) is 6.07 Å². The maximum Gasteiger partial charge on any atom is 0.405 e. The molecule has 1 unspecified atom stereocenters. The van der Waals surface area contributed by atoms with Crippen LogP contribution in [0.4, 0.5) is 23.2 Å². The summed E-state index contributed by atoms with van der Waals surface area (Å²) in [6.45, 7) is -0.285. The molecule has 0 aliphatic heterocycles. The van der Waals surface area contributed by atoms with E-state index in [1.807, 2.05) is 0 Å². The number of halogens is 4. The van der Waals surface area contributed by atoms with Crippen LogP contribution < -0.4 is 4.90 Å². The van der Waals surface area contributed by atoms with Gasteiger partial charge in [-0.25, -0.2) is 4.39 Å². The van der Waals surface area contributed by atoms with Crippen LogP contribution in [0, 0.1) is 17.1 Å². The average molecular weight is 290 g/mol. The summed E-state index contributed by atoms with van der Waals surface area (Å²) in [4.78, 5) is 0.774. The van der Waals surface area contributed by atoms with Gasteiger partial charge in [-0.1, -0.05) is 6.92 Å². The predicted octanol–water partition coefficient (Wildman–Crippen LogP) is 2.84. The quantitative estimate of drug-likeness (QED) is 0.848. The number of anilines is 1. The van der Waals surface area contributed by atoms with Crippen molar-refractivity contribution in [1.29, 1.82) is 5.26 Å². The van der Waals surface area contributed by atoms with E-state index in [2.05, 4.69) is 0 Å². The molecule has 0 spiro atoms. The molecule has 1 atom stereocenters. The van der Waals surface area contributed by atoms with Gasteiger partial charge in [0, 0.05) is 0 Å². The van der Waals surface area contributed by atoms with Crippen molar-refractivity contribution in [2.24, 2.45) is 0 Å². The zero-order chi connectivity index (χ0) is 15.3. The normalized spacial score (nSPS) is 12.8. The fraction of sp³-hybridized carbons (Fsp3) is 0.462. The Morgan fingerprint density at radius 3 is 2.45 bits per heavy atom. The first-order valence-electron chi connectivity index (χ1n) is 5.96. The summed E-state index contributed by atoms with van der Waals surface area (Å²) < 4.78 is 51.7. The van der Waals surface area contributed by atoms with Crippen molar-refractivity contribution < 1.29 is 22.7 Å². The van der Waals surface area contributed by atoms with E-state index < -0.39 is 31.2 Å². The van der Waals surface area contributed by atoms with Gasteiger partial charge in [-0.05, 0) is 24.6 Å². The highest BCUT2D eigenvalue weighted by atomic mass is 19.4. The second-order valence-electron chi connectivity index (χ2n) is 4.27. The van der Waals surface area contributed by atoms with Crippen molar-refractivity contribution in [2.75, 3.05) is 18.1 Å². The lowest BCUT2D eigenvalue weighted by molar-refractivity contribution is -0.121. The Kier molecular flexibility index (Phi) is 5.34. The minimum Gasteiger partial charge on any atom is -0.394 e. The SMILES string of the molecule is CCC(CO)N(CC(F)(F)F)c1ccc(C#N)cc1F. The van der Waals surface area contributed by atoms with Crippen LogP contribution in [-0.2, 0) is 0 Å². The summed E-state index contributed by atoms with van der Waals surface area (Å²) >= 11 is 0. The summed E-state index contributed by atoms with van der Waals surface area (Å²) in [5, 5.41) is 17.8. The third kappa shape index (κ3) is 4.10. The molecule has 0 saturated carbocycles. The molecule has 0 aromatic heterocycles. The maximum absolute atomic E-state index is 13.9. The molecule has 0 saturated heterocycles. The fourth-order valence-corrected chi connectivity index (χ4v) is 1.86. The molecule has 0 radical (unpaired) electrons. The number of aliphatic hydroxyl groups excluding tert-OH is 1. The molecule has 0 fully saturated rings. The van der Waals surface area contributed by atoms with E-state index in [0.29, 0.717) is 0 Å².